The fourth-order valence-corrected chi connectivity index (χ4v) is 8.20. The van der Waals surface area contributed by atoms with Crippen LogP contribution in [0, 0.1) is 0 Å². The van der Waals surface area contributed by atoms with E-state index in [0.29, 0.717) is 0 Å². The molecule has 9 aromatic rings. The number of nitrogens with zero attached hydrogens (tertiary/aromatic N) is 3. The zero-order chi connectivity index (χ0) is 32.0. The lowest BCUT2D eigenvalue weighted by molar-refractivity contribution is 0.662. The molecule has 3 heteroatoms. The van der Waals surface area contributed by atoms with Gasteiger partial charge in [-0.2, -0.15) is 0 Å². The molecule has 0 fully saturated rings. The van der Waals surface area contributed by atoms with Crippen LogP contribution in [0.1, 0.15) is 25.0 Å². The van der Waals surface area contributed by atoms with Crippen molar-refractivity contribution in [3.8, 4) is 39.3 Å². The first-order valence-electron chi connectivity index (χ1n) is 16.6. The summed E-state index contributed by atoms with van der Waals surface area (Å²) in [4.78, 5) is 10.7. The quantitative estimate of drug-likeness (QED) is 0.198. The number of benzene rings is 7. The van der Waals surface area contributed by atoms with E-state index < -0.39 is 0 Å². The molecule has 1 aliphatic rings. The van der Waals surface area contributed by atoms with Gasteiger partial charge in [-0.05, 0) is 62.9 Å². The second-order valence-electron chi connectivity index (χ2n) is 13.4. The zero-order valence-electron chi connectivity index (χ0n) is 26.8. The van der Waals surface area contributed by atoms with Gasteiger partial charge in [0, 0.05) is 27.3 Å². The highest BCUT2D eigenvalue weighted by Crippen LogP contribution is 2.53. The Labute approximate surface area is 278 Å². The van der Waals surface area contributed by atoms with Crippen LogP contribution in [-0.4, -0.2) is 14.5 Å². The Balaban J connectivity index is 1.39. The lowest BCUT2D eigenvalue weighted by Crippen LogP contribution is -2.16. The summed E-state index contributed by atoms with van der Waals surface area (Å²) in [6.07, 6.45) is 0. The van der Waals surface area contributed by atoms with Crippen LogP contribution < -0.4 is 0 Å². The summed E-state index contributed by atoms with van der Waals surface area (Å²) in [7, 11) is 0. The molecule has 0 spiro atoms. The van der Waals surface area contributed by atoms with Crippen molar-refractivity contribution in [2.24, 2.45) is 0 Å². The van der Waals surface area contributed by atoms with Gasteiger partial charge in [0.05, 0.1) is 22.1 Å². The van der Waals surface area contributed by atoms with Crippen molar-refractivity contribution in [1.29, 1.82) is 0 Å². The summed E-state index contributed by atoms with van der Waals surface area (Å²) in [5.74, 6) is 0.831. The highest BCUT2D eigenvalue weighted by atomic mass is 15.1. The molecule has 10 rings (SSSR count). The molecule has 0 atom stereocenters. The van der Waals surface area contributed by atoms with Crippen LogP contribution in [0.25, 0.3) is 82.9 Å². The second-order valence-corrected chi connectivity index (χ2v) is 13.4. The van der Waals surface area contributed by atoms with Gasteiger partial charge in [0.2, 0.25) is 0 Å². The number of fused-ring (bicyclic) bond motifs is 8. The Bertz CT molecular complexity index is 2750. The van der Waals surface area contributed by atoms with Gasteiger partial charge in [-0.3, -0.25) is 4.57 Å². The molecule has 0 N–H and O–H groups in total. The van der Waals surface area contributed by atoms with Crippen molar-refractivity contribution in [2.45, 2.75) is 19.3 Å². The summed E-state index contributed by atoms with van der Waals surface area (Å²) in [6, 6.07) is 54.5. The van der Waals surface area contributed by atoms with Crippen LogP contribution in [0.4, 0.5) is 0 Å². The fraction of sp³-hybridized carbons (Fsp3) is 0.0667. The van der Waals surface area contributed by atoms with Gasteiger partial charge in [-0.25, -0.2) is 9.97 Å². The van der Waals surface area contributed by atoms with Gasteiger partial charge in [-0.15, -0.1) is 0 Å². The molecule has 0 radical (unpaired) electrons. The molecule has 0 unspecified atom stereocenters. The largest absolute Gasteiger partial charge is 0.291 e. The maximum Gasteiger partial charge on any atom is 0.165 e. The maximum absolute atomic E-state index is 5.44. The average Bonchev–Trinajstić information content (AvgIpc) is 3.58. The molecule has 7 aromatic carbocycles. The third-order valence-corrected chi connectivity index (χ3v) is 10.3. The molecule has 0 bridgehead atoms. The predicted molar refractivity (Wildman–Crippen MR) is 200 cm³/mol. The van der Waals surface area contributed by atoms with E-state index in [2.05, 4.69) is 158 Å². The van der Waals surface area contributed by atoms with Crippen molar-refractivity contribution < 1.29 is 0 Å². The molecule has 1 aliphatic carbocycles. The van der Waals surface area contributed by atoms with Gasteiger partial charge in [0.15, 0.2) is 5.82 Å². The van der Waals surface area contributed by atoms with Gasteiger partial charge in [-0.1, -0.05) is 141 Å². The first kappa shape index (κ1) is 27.1. The third kappa shape index (κ3) is 3.76. The normalized spacial score (nSPS) is 13.4. The van der Waals surface area contributed by atoms with E-state index >= 15 is 0 Å². The van der Waals surface area contributed by atoms with E-state index in [1.807, 2.05) is 12.1 Å². The maximum atomic E-state index is 5.44. The van der Waals surface area contributed by atoms with Crippen LogP contribution >= 0.6 is 0 Å². The summed E-state index contributed by atoms with van der Waals surface area (Å²) >= 11 is 0. The molecular formula is C45H31N3. The van der Waals surface area contributed by atoms with E-state index in [9.17, 15) is 0 Å². The monoisotopic (exact) mass is 613 g/mol. The molecule has 2 aromatic heterocycles. The average molecular weight is 614 g/mol. The number of hydrogen-bond donors (Lipinski definition) is 0. The second kappa shape index (κ2) is 9.97. The minimum absolute atomic E-state index is 0.159. The van der Waals surface area contributed by atoms with Gasteiger partial charge < -0.3 is 0 Å². The van der Waals surface area contributed by atoms with Crippen molar-refractivity contribution in [2.75, 3.05) is 0 Å². The van der Waals surface area contributed by atoms with Crippen molar-refractivity contribution in [1.82, 2.24) is 14.5 Å². The molecule has 0 amide bonds. The molecular weight excluding hydrogens is 583 g/mol. The summed E-state index contributed by atoms with van der Waals surface area (Å²) in [6.45, 7) is 4.73. The Morgan fingerprint density at radius 1 is 0.500 bits per heavy atom. The molecule has 3 nitrogen and oxygen atoms in total. The predicted octanol–water partition coefficient (Wildman–Crippen LogP) is 11.5. The van der Waals surface area contributed by atoms with Gasteiger partial charge in [0.25, 0.3) is 0 Å². The smallest absolute Gasteiger partial charge is 0.165 e. The molecule has 0 saturated heterocycles. The lowest BCUT2D eigenvalue weighted by Gasteiger charge is -2.25. The van der Waals surface area contributed by atoms with Crippen LogP contribution in [0.5, 0.6) is 0 Å². The highest BCUT2D eigenvalue weighted by molar-refractivity contribution is 6.17. The Morgan fingerprint density at radius 3 is 1.92 bits per heavy atom. The first-order chi connectivity index (χ1) is 23.6. The minimum Gasteiger partial charge on any atom is -0.291 e. The van der Waals surface area contributed by atoms with Crippen LogP contribution in [0.3, 0.4) is 0 Å². The number of rotatable bonds is 3. The van der Waals surface area contributed by atoms with Crippen LogP contribution in [0.15, 0.2) is 152 Å². The number of hydrogen-bond acceptors (Lipinski definition) is 2. The summed E-state index contributed by atoms with van der Waals surface area (Å²) in [5.41, 5.74) is 13.6. The van der Waals surface area contributed by atoms with Crippen molar-refractivity contribution >= 4 is 43.6 Å². The van der Waals surface area contributed by atoms with Crippen LogP contribution in [0.2, 0.25) is 0 Å². The Morgan fingerprint density at radius 2 is 1.10 bits per heavy atom. The topological polar surface area (TPSA) is 30.7 Å². The summed E-state index contributed by atoms with van der Waals surface area (Å²) < 4.78 is 2.39. The third-order valence-electron chi connectivity index (χ3n) is 10.3. The number of aromatic nitrogens is 3. The van der Waals surface area contributed by atoms with Gasteiger partial charge in [0.1, 0.15) is 5.69 Å². The van der Waals surface area contributed by atoms with Gasteiger partial charge >= 0.3 is 0 Å². The van der Waals surface area contributed by atoms with E-state index in [0.717, 1.165) is 39.1 Å². The molecule has 0 aliphatic heterocycles. The van der Waals surface area contributed by atoms with E-state index in [-0.39, 0.29) is 5.41 Å². The molecule has 226 valence electrons. The zero-order valence-corrected chi connectivity index (χ0v) is 26.8. The summed E-state index contributed by atoms with van der Waals surface area (Å²) in [5, 5.41) is 4.82. The van der Waals surface area contributed by atoms with Crippen molar-refractivity contribution in [3.05, 3.63) is 163 Å². The van der Waals surface area contributed by atoms with Crippen LogP contribution in [-0.2, 0) is 5.41 Å². The first-order valence-corrected chi connectivity index (χ1v) is 16.6. The number of para-hydroxylation sites is 3. The Kier molecular flexibility index (Phi) is 5.63. The Hall–Kier alpha value is -6.06. The van der Waals surface area contributed by atoms with E-state index in [4.69, 9.17) is 9.97 Å². The SMILES string of the molecule is CC1(C)c2ccccc2-c2cccc(-c3cccc4c5cc6ccccc6cc5n(-c5nc6ccccc6nc5-c5ccccc5)c34)c21. The van der Waals surface area contributed by atoms with Crippen molar-refractivity contribution in [3.63, 3.8) is 0 Å². The molecule has 48 heavy (non-hydrogen) atoms. The molecule has 0 saturated carbocycles. The lowest BCUT2D eigenvalue weighted by atomic mass is 9.78. The van der Waals surface area contributed by atoms with E-state index in [1.54, 1.807) is 0 Å². The molecule has 2 heterocycles. The fourth-order valence-electron chi connectivity index (χ4n) is 8.20. The van der Waals surface area contributed by atoms with E-state index in [1.165, 1.54) is 54.9 Å². The minimum atomic E-state index is -0.159. The highest BCUT2D eigenvalue weighted by Gasteiger charge is 2.37. The standard InChI is InChI=1S/C45H31N3/c1-45(2)37-23-9-8-18-31(37)32-19-12-20-33(41(32)45)34-21-13-22-35-36-26-29-16-6-7-17-30(29)27-40(36)48(43(34)35)44-42(28-14-4-3-5-15-28)46-38-24-10-11-25-39(38)47-44/h3-27H,1-2H3.